The minimum Gasteiger partial charge on any atom is -0.332 e. The van der Waals surface area contributed by atoms with E-state index in [9.17, 15) is 18.5 Å². The summed E-state index contributed by atoms with van der Waals surface area (Å²) in [7, 11) is -3.21. The lowest BCUT2D eigenvalue weighted by Crippen LogP contribution is -2.41. The molecule has 1 unspecified atom stereocenters. The lowest BCUT2D eigenvalue weighted by Gasteiger charge is -2.23. The maximum Gasteiger partial charge on any atom is 0.246 e. The van der Waals surface area contributed by atoms with Crippen LogP contribution in [0.15, 0.2) is 47.4 Å². The van der Waals surface area contributed by atoms with E-state index in [0.717, 1.165) is 35.1 Å². The zero-order valence-corrected chi connectivity index (χ0v) is 16.4. The van der Waals surface area contributed by atoms with Crippen LogP contribution in [0.4, 0.5) is 0 Å². The number of nitriles is 1. The third-order valence-corrected chi connectivity index (χ3v) is 6.65. The number of benzene rings is 2. The summed E-state index contributed by atoms with van der Waals surface area (Å²) in [5, 5.41) is 9.20. The highest BCUT2D eigenvalue weighted by atomic mass is 32.2. The first-order valence-electron chi connectivity index (χ1n) is 9.24. The highest BCUT2D eigenvalue weighted by Crippen LogP contribution is 2.30. The fourth-order valence-corrected chi connectivity index (χ4v) is 4.61. The summed E-state index contributed by atoms with van der Waals surface area (Å²) in [6.07, 6.45) is 4.93. The number of amides is 1. The molecule has 0 N–H and O–H groups in total. The van der Waals surface area contributed by atoms with E-state index < -0.39 is 9.84 Å². The molecule has 2 aliphatic rings. The van der Waals surface area contributed by atoms with Crippen molar-refractivity contribution < 1.29 is 13.2 Å². The number of sulfone groups is 1. The first kappa shape index (κ1) is 18.5. The van der Waals surface area contributed by atoms with Crippen molar-refractivity contribution in [1.82, 2.24) is 9.80 Å². The molecule has 0 saturated carbocycles. The van der Waals surface area contributed by atoms with Gasteiger partial charge in [-0.2, -0.15) is 5.26 Å². The Morgan fingerprint density at radius 3 is 2.43 bits per heavy atom. The SMILES string of the molecule is CS(=O)(=O)c1ccc(-c2ccc3c(c2)CN(C(=O)C2CCCN2C#N)C3)cc1. The fourth-order valence-electron chi connectivity index (χ4n) is 3.98. The first-order valence-corrected chi connectivity index (χ1v) is 11.1. The summed E-state index contributed by atoms with van der Waals surface area (Å²) in [6.45, 7) is 1.76. The van der Waals surface area contributed by atoms with Gasteiger partial charge < -0.3 is 4.90 Å². The molecule has 4 rings (SSSR count). The van der Waals surface area contributed by atoms with Crippen LogP contribution in [0.1, 0.15) is 24.0 Å². The zero-order chi connectivity index (χ0) is 19.9. The Labute approximate surface area is 164 Å². The van der Waals surface area contributed by atoms with Gasteiger partial charge in [-0.15, -0.1) is 0 Å². The molecule has 0 bridgehead atoms. The Hall–Kier alpha value is -2.85. The third-order valence-electron chi connectivity index (χ3n) is 5.52. The van der Waals surface area contributed by atoms with Gasteiger partial charge in [-0.3, -0.25) is 9.69 Å². The topological polar surface area (TPSA) is 81.5 Å². The number of hydrogen-bond donors (Lipinski definition) is 0. The van der Waals surface area contributed by atoms with E-state index in [1.54, 1.807) is 29.2 Å². The Morgan fingerprint density at radius 1 is 1.07 bits per heavy atom. The molecule has 144 valence electrons. The van der Waals surface area contributed by atoms with Crippen LogP contribution in [0.5, 0.6) is 0 Å². The van der Waals surface area contributed by atoms with Crippen LogP contribution in [0.25, 0.3) is 11.1 Å². The number of likely N-dealkylation sites (tertiary alicyclic amines) is 1. The largest absolute Gasteiger partial charge is 0.332 e. The van der Waals surface area contributed by atoms with Gasteiger partial charge in [0.15, 0.2) is 16.0 Å². The van der Waals surface area contributed by atoms with Gasteiger partial charge in [0.1, 0.15) is 6.04 Å². The molecule has 2 aliphatic heterocycles. The average Bonchev–Trinajstić information content (AvgIpc) is 3.32. The predicted octanol–water partition coefficient (Wildman–Crippen LogP) is 2.54. The van der Waals surface area contributed by atoms with Gasteiger partial charge >= 0.3 is 0 Å². The highest BCUT2D eigenvalue weighted by molar-refractivity contribution is 7.90. The summed E-state index contributed by atoms with van der Waals surface area (Å²) in [6, 6.07) is 12.6. The van der Waals surface area contributed by atoms with Crippen LogP contribution in [0.2, 0.25) is 0 Å². The van der Waals surface area contributed by atoms with Crippen molar-refractivity contribution in [2.75, 3.05) is 12.8 Å². The second-order valence-electron chi connectivity index (χ2n) is 7.43. The Kier molecular flexibility index (Phi) is 4.60. The minimum absolute atomic E-state index is 0.0225. The molecule has 7 heteroatoms. The highest BCUT2D eigenvalue weighted by Gasteiger charge is 2.35. The molecule has 28 heavy (non-hydrogen) atoms. The number of rotatable bonds is 3. The first-order chi connectivity index (χ1) is 13.4. The Bertz CT molecular complexity index is 1070. The van der Waals surface area contributed by atoms with Crippen LogP contribution in [0, 0.1) is 11.5 Å². The van der Waals surface area contributed by atoms with E-state index in [0.29, 0.717) is 24.5 Å². The summed E-state index contributed by atoms with van der Waals surface area (Å²) in [5.41, 5.74) is 4.14. The molecule has 1 atom stereocenters. The number of nitrogens with zero attached hydrogens (tertiary/aromatic N) is 3. The van der Waals surface area contributed by atoms with Gasteiger partial charge in [-0.25, -0.2) is 8.42 Å². The van der Waals surface area contributed by atoms with Crippen LogP contribution < -0.4 is 0 Å². The smallest absolute Gasteiger partial charge is 0.246 e. The van der Waals surface area contributed by atoms with E-state index >= 15 is 0 Å². The molecule has 2 heterocycles. The van der Waals surface area contributed by atoms with Gasteiger partial charge in [-0.05, 0) is 53.3 Å². The van der Waals surface area contributed by atoms with Crippen LogP contribution in [-0.2, 0) is 27.7 Å². The van der Waals surface area contributed by atoms with E-state index in [2.05, 4.69) is 12.3 Å². The predicted molar refractivity (Wildman–Crippen MR) is 105 cm³/mol. The van der Waals surface area contributed by atoms with Gasteiger partial charge in [0.25, 0.3) is 0 Å². The molecule has 6 nitrogen and oxygen atoms in total. The average molecular weight is 395 g/mol. The van der Waals surface area contributed by atoms with Gasteiger partial charge in [0.2, 0.25) is 5.91 Å². The monoisotopic (exact) mass is 395 g/mol. The molecule has 2 aromatic carbocycles. The summed E-state index contributed by atoms with van der Waals surface area (Å²) < 4.78 is 23.3. The van der Waals surface area contributed by atoms with Gasteiger partial charge in [0.05, 0.1) is 4.90 Å². The van der Waals surface area contributed by atoms with Crippen LogP contribution >= 0.6 is 0 Å². The molecule has 1 amide bonds. The van der Waals surface area contributed by atoms with Crippen molar-refractivity contribution >= 4 is 15.7 Å². The second-order valence-corrected chi connectivity index (χ2v) is 9.44. The fraction of sp³-hybridized carbons (Fsp3) is 0.333. The van der Waals surface area contributed by atoms with Crippen molar-refractivity contribution in [3.63, 3.8) is 0 Å². The van der Waals surface area contributed by atoms with E-state index in [1.807, 2.05) is 17.0 Å². The van der Waals surface area contributed by atoms with Gasteiger partial charge in [-0.1, -0.05) is 24.3 Å². The van der Waals surface area contributed by atoms with Crippen molar-refractivity contribution in [2.24, 2.45) is 0 Å². The van der Waals surface area contributed by atoms with Crippen molar-refractivity contribution in [3.05, 3.63) is 53.6 Å². The molecule has 0 spiro atoms. The number of carbonyl (C=O) groups is 1. The molecule has 1 saturated heterocycles. The number of carbonyl (C=O) groups excluding carboxylic acids is 1. The van der Waals surface area contributed by atoms with Gasteiger partial charge in [0, 0.05) is 25.9 Å². The lowest BCUT2D eigenvalue weighted by atomic mass is 10.0. The summed E-state index contributed by atoms with van der Waals surface area (Å²) in [5.74, 6) is 0.0225. The quantitative estimate of drug-likeness (QED) is 0.746. The second kappa shape index (κ2) is 6.95. The normalized spacial score (nSPS) is 18.8. The Balaban J connectivity index is 1.53. The van der Waals surface area contributed by atoms with Crippen molar-refractivity contribution in [3.8, 4) is 17.3 Å². The van der Waals surface area contributed by atoms with Crippen molar-refractivity contribution in [1.29, 1.82) is 5.26 Å². The molecule has 0 radical (unpaired) electrons. The molecular formula is C21H21N3O3S. The maximum absolute atomic E-state index is 12.8. The van der Waals surface area contributed by atoms with Crippen LogP contribution in [-0.4, -0.2) is 43.0 Å². The zero-order valence-electron chi connectivity index (χ0n) is 15.6. The lowest BCUT2D eigenvalue weighted by molar-refractivity contribution is -0.135. The maximum atomic E-state index is 12.8. The van der Waals surface area contributed by atoms with Crippen LogP contribution in [0.3, 0.4) is 0 Å². The summed E-state index contributed by atoms with van der Waals surface area (Å²) in [4.78, 5) is 16.6. The molecule has 0 aromatic heterocycles. The Morgan fingerprint density at radius 2 is 1.75 bits per heavy atom. The molecule has 0 aliphatic carbocycles. The van der Waals surface area contributed by atoms with E-state index in [4.69, 9.17) is 0 Å². The molecule has 2 aromatic rings. The number of fused-ring (bicyclic) bond motifs is 1. The number of hydrogen-bond acceptors (Lipinski definition) is 5. The third kappa shape index (κ3) is 3.36. The standard InChI is InChI=1S/C21H21N3O3S/c1-28(26,27)19-8-6-15(7-9-19)16-4-5-17-12-24(13-18(17)11-16)21(25)20-3-2-10-23(20)14-22/h4-9,11,20H,2-3,10,12-13H2,1H3. The van der Waals surface area contributed by atoms with E-state index in [1.165, 1.54) is 6.26 Å². The minimum atomic E-state index is -3.21. The molecule has 1 fully saturated rings. The van der Waals surface area contributed by atoms with Crippen molar-refractivity contribution in [2.45, 2.75) is 36.9 Å². The summed E-state index contributed by atoms with van der Waals surface area (Å²) >= 11 is 0. The molecular weight excluding hydrogens is 374 g/mol. The van der Waals surface area contributed by atoms with E-state index in [-0.39, 0.29) is 11.9 Å².